The first-order chi connectivity index (χ1) is 13.0. The predicted molar refractivity (Wildman–Crippen MR) is 111 cm³/mol. The van der Waals surface area contributed by atoms with E-state index >= 15 is 0 Å². The molecule has 0 aliphatic heterocycles. The molecule has 0 saturated heterocycles. The highest BCUT2D eigenvalue weighted by molar-refractivity contribution is 6.31. The Morgan fingerprint density at radius 2 is 2.04 bits per heavy atom. The van der Waals surface area contributed by atoms with Gasteiger partial charge in [0.2, 0.25) is 0 Å². The van der Waals surface area contributed by atoms with Crippen molar-refractivity contribution in [3.05, 3.63) is 87.8 Å². The van der Waals surface area contributed by atoms with Gasteiger partial charge in [-0.15, -0.1) is 0 Å². The number of nitrogens with zero attached hydrogens (tertiary/aromatic N) is 1. The van der Waals surface area contributed by atoms with Crippen LogP contribution in [0.4, 0.5) is 4.39 Å². The quantitative estimate of drug-likeness (QED) is 0.540. The van der Waals surface area contributed by atoms with Crippen LogP contribution in [0.3, 0.4) is 0 Å². The maximum Gasteiger partial charge on any atom is 0.130 e. The molecule has 2 aromatic rings. The van der Waals surface area contributed by atoms with Crippen molar-refractivity contribution in [3.8, 4) is 0 Å². The van der Waals surface area contributed by atoms with Gasteiger partial charge in [-0.25, -0.2) is 4.39 Å². The maximum atomic E-state index is 13.7. The minimum absolute atomic E-state index is 0.298. The number of hydrogen-bond acceptors (Lipinski definition) is 2. The van der Waals surface area contributed by atoms with Gasteiger partial charge in [0.05, 0.1) is 6.54 Å². The first-order valence-electron chi connectivity index (χ1n) is 8.94. The summed E-state index contributed by atoms with van der Waals surface area (Å²) in [5.74, 6) is 0.381. The molecule has 27 heavy (non-hydrogen) atoms. The Kier molecular flexibility index (Phi) is 5.97. The topological polar surface area (TPSA) is 50.4 Å². The largest absolute Gasteiger partial charge is 0.402 e. The number of allylic oxidation sites excluding steroid dienone is 1. The Labute approximate surface area is 164 Å². The molecule has 0 spiro atoms. The highest BCUT2D eigenvalue weighted by Gasteiger charge is 2.19. The van der Waals surface area contributed by atoms with Crippen LogP contribution in [0.2, 0.25) is 5.02 Å². The minimum Gasteiger partial charge on any atom is -0.402 e. The van der Waals surface area contributed by atoms with Gasteiger partial charge in [-0.05, 0) is 55.5 Å². The van der Waals surface area contributed by atoms with E-state index in [1.54, 1.807) is 6.07 Å². The average Bonchev–Trinajstić information content (AvgIpc) is 3.07. The lowest BCUT2D eigenvalue weighted by Crippen LogP contribution is -2.25. The summed E-state index contributed by atoms with van der Waals surface area (Å²) in [6.45, 7) is 6.43. The fourth-order valence-corrected chi connectivity index (χ4v) is 3.36. The molecule has 0 atom stereocenters. The first kappa shape index (κ1) is 19.2. The van der Waals surface area contributed by atoms with Crippen LogP contribution in [-0.4, -0.2) is 5.84 Å². The SMILES string of the molecule is C=C(NC(=NCc1ccccc1Cl)C1=C(N)CCC1)c1cc(F)ccc1C. The second-order valence-corrected chi connectivity index (χ2v) is 7.08. The molecule has 0 fully saturated rings. The molecule has 5 heteroatoms. The second kappa shape index (κ2) is 8.40. The molecule has 140 valence electrons. The maximum absolute atomic E-state index is 13.7. The monoisotopic (exact) mass is 383 g/mol. The number of hydrogen-bond donors (Lipinski definition) is 2. The highest BCUT2D eigenvalue weighted by Crippen LogP contribution is 2.25. The van der Waals surface area contributed by atoms with Gasteiger partial charge in [0.15, 0.2) is 0 Å². The van der Waals surface area contributed by atoms with Gasteiger partial charge in [0.25, 0.3) is 0 Å². The third kappa shape index (κ3) is 4.58. The van der Waals surface area contributed by atoms with Gasteiger partial charge < -0.3 is 11.1 Å². The molecule has 2 aromatic carbocycles. The third-order valence-electron chi connectivity index (χ3n) is 4.71. The Morgan fingerprint density at radius 3 is 2.74 bits per heavy atom. The number of amidine groups is 1. The van der Waals surface area contributed by atoms with Crippen molar-refractivity contribution in [1.29, 1.82) is 0 Å². The molecule has 0 radical (unpaired) electrons. The van der Waals surface area contributed by atoms with Crippen LogP contribution in [0.25, 0.3) is 5.70 Å². The highest BCUT2D eigenvalue weighted by atomic mass is 35.5. The molecule has 1 aliphatic rings. The fraction of sp³-hybridized carbons (Fsp3) is 0.227. The summed E-state index contributed by atoms with van der Waals surface area (Å²) in [6, 6.07) is 12.3. The van der Waals surface area contributed by atoms with Crippen molar-refractivity contribution in [3.63, 3.8) is 0 Å². The van der Waals surface area contributed by atoms with Crippen LogP contribution in [0, 0.1) is 12.7 Å². The average molecular weight is 384 g/mol. The summed E-state index contributed by atoms with van der Waals surface area (Å²) < 4.78 is 13.7. The van der Waals surface area contributed by atoms with Gasteiger partial charge in [0, 0.05) is 27.6 Å². The van der Waals surface area contributed by atoms with Crippen LogP contribution in [0.5, 0.6) is 0 Å². The van der Waals surface area contributed by atoms with E-state index in [0.29, 0.717) is 23.1 Å². The Balaban J connectivity index is 1.90. The molecular formula is C22H23ClFN3. The van der Waals surface area contributed by atoms with Crippen LogP contribution < -0.4 is 11.1 Å². The van der Waals surface area contributed by atoms with Crippen LogP contribution in [0.15, 0.2) is 65.3 Å². The van der Waals surface area contributed by atoms with Crippen molar-refractivity contribution in [2.45, 2.75) is 32.7 Å². The summed E-state index contributed by atoms with van der Waals surface area (Å²) in [5.41, 5.74) is 11.2. The van der Waals surface area contributed by atoms with Crippen molar-refractivity contribution in [1.82, 2.24) is 5.32 Å². The minimum atomic E-state index is -0.298. The van der Waals surface area contributed by atoms with Gasteiger partial charge in [-0.3, -0.25) is 4.99 Å². The van der Waals surface area contributed by atoms with E-state index < -0.39 is 0 Å². The predicted octanol–water partition coefficient (Wildman–Crippen LogP) is 5.34. The number of aryl methyl sites for hydroxylation is 1. The number of aliphatic imine (C=N–C) groups is 1. The molecule has 0 unspecified atom stereocenters. The zero-order valence-corrected chi connectivity index (χ0v) is 16.1. The Morgan fingerprint density at radius 1 is 1.26 bits per heavy atom. The van der Waals surface area contributed by atoms with E-state index in [0.717, 1.165) is 47.2 Å². The Bertz CT molecular complexity index is 931. The lowest BCUT2D eigenvalue weighted by Gasteiger charge is -2.16. The number of nitrogens with two attached hydrogens (primary N) is 1. The molecule has 0 heterocycles. The van der Waals surface area contributed by atoms with E-state index in [1.807, 2.05) is 31.2 Å². The van der Waals surface area contributed by atoms with Gasteiger partial charge >= 0.3 is 0 Å². The number of halogens is 2. The van der Waals surface area contributed by atoms with Crippen molar-refractivity contribution < 1.29 is 4.39 Å². The van der Waals surface area contributed by atoms with Crippen LogP contribution in [-0.2, 0) is 6.54 Å². The molecular weight excluding hydrogens is 361 g/mol. The van der Waals surface area contributed by atoms with E-state index in [1.165, 1.54) is 12.1 Å². The van der Waals surface area contributed by atoms with Gasteiger partial charge in [-0.2, -0.15) is 0 Å². The molecule has 0 bridgehead atoms. The smallest absolute Gasteiger partial charge is 0.130 e. The summed E-state index contributed by atoms with van der Waals surface area (Å²) in [6.07, 6.45) is 2.71. The van der Waals surface area contributed by atoms with E-state index in [9.17, 15) is 4.39 Å². The van der Waals surface area contributed by atoms with E-state index in [2.05, 4.69) is 11.9 Å². The molecule has 1 aliphatic carbocycles. The Hall–Kier alpha value is -2.59. The van der Waals surface area contributed by atoms with Crippen molar-refractivity contribution >= 4 is 23.1 Å². The molecule has 0 saturated carbocycles. The summed E-state index contributed by atoms with van der Waals surface area (Å²) >= 11 is 6.25. The standard InChI is InChI=1S/C22H23ClFN3/c1-14-10-11-17(24)12-19(14)15(2)27-22(18-7-5-9-21(18)25)26-13-16-6-3-4-8-20(16)23/h3-4,6,8,10-12H,2,5,7,9,13,25H2,1H3,(H,26,27). The number of rotatable bonds is 5. The van der Waals surface area contributed by atoms with Crippen molar-refractivity contribution in [2.24, 2.45) is 10.7 Å². The fourth-order valence-electron chi connectivity index (χ4n) is 3.17. The molecule has 0 aromatic heterocycles. The third-order valence-corrected chi connectivity index (χ3v) is 5.07. The van der Waals surface area contributed by atoms with Crippen LogP contribution in [0.1, 0.15) is 36.0 Å². The van der Waals surface area contributed by atoms with E-state index in [4.69, 9.17) is 22.3 Å². The lowest BCUT2D eigenvalue weighted by atomic mass is 10.1. The summed E-state index contributed by atoms with van der Waals surface area (Å²) in [5, 5.41) is 3.95. The molecule has 3 N–H and O–H groups in total. The zero-order chi connectivity index (χ0) is 19.4. The zero-order valence-electron chi connectivity index (χ0n) is 15.4. The molecule has 3 rings (SSSR count). The molecule has 0 amide bonds. The van der Waals surface area contributed by atoms with E-state index in [-0.39, 0.29) is 5.82 Å². The summed E-state index contributed by atoms with van der Waals surface area (Å²) in [7, 11) is 0. The number of benzene rings is 2. The lowest BCUT2D eigenvalue weighted by molar-refractivity contribution is 0.626. The van der Waals surface area contributed by atoms with Crippen LogP contribution >= 0.6 is 11.6 Å². The first-order valence-corrected chi connectivity index (χ1v) is 9.31. The second-order valence-electron chi connectivity index (χ2n) is 6.68. The number of nitrogens with one attached hydrogen (secondary N) is 1. The van der Waals surface area contributed by atoms with Gasteiger partial charge in [-0.1, -0.05) is 42.4 Å². The van der Waals surface area contributed by atoms with Gasteiger partial charge in [0.1, 0.15) is 11.7 Å². The normalized spacial score (nSPS) is 14.6. The summed E-state index contributed by atoms with van der Waals surface area (Å²) in [4.78, 5) is 4.73. The molecule has 3 nitrogen and oxygen atoms in total. The van der Waals surface area contributed by atoms with Crippen molar-refractivity contribution in [2.75, 3.05) is 0 Å².